The SMILES string of the molecule is CC1CN(C(=O)c2cnc(N)c(Cl)c2)CC(C)N1C. The minimum absolute atomic E-state index is 0.0406. The molecule has 2 atom stereocenters. The highest BCUT2D eigenvalue weighted by Crippen LogP contribution is 2.20. The molecule has 1 fully saturated rings. The molecule has 104 valence electrons. The van der Waals surface area contributed by atoms with Crippen molar-refractivity contribution in [2.45, 2.75) is 25.9 Å². The average Bonchev–Trinajstić information content (AvgIpc) is 2.37. The van der Waals surface area contributed by atoms with Crippen LogP contribution < -0.4 is 5.73 Å². The molecule has 2 unspecified atom stereocenters. The number of hydrogen-bond donors (Lipinski definition) is 1. The van der Waals surface area contributed by atoms with Gasteiger partial charge in [-0.25, -0.2) is 4.98 Å². The molecule has 1 amide bonds. The van der Waals surface area contributed by atoms with Crippen molar-refractivity contribution < 1.29 is 4.79 Å². The number of likely N-dealkylation sites (N-methyl/N-ethyl adjacent to an activating group) is 1. The quantitative estimate of drug-likeness (QED) is 0.847. The number of piperazine rings is 1. The predicted octanol–water partition coefficient (Wildman–Crippen LogP) is 1.48. The standard InChI is InChI=1S/C13H19ClN4O/c1-8-6-18(7-9(2)17(8)3)13(19)10-4-11(14)12(15)16-5-10/h4-5,8-9H,6-7H2,1-3H3,(H2,15,16). The molecule has 0 radical (unpaired) electrons. The lowest BCUT2D eigenvalue weighted by molar-refractivity contribution is 0.0414. The Kier molecular flexibility index (Phi) is 3.96. The third-order valence-corrected chi connectivity index (χ3v) is 4.07. The first kappa shape index (κ1) is 14.1. The Morgan fingerprint density at radius 1 is 1.42 bits per heavy atom. The normalized spacial score (nSPS) is 24.5. The van der Waals surface area contributed by atoms with Gasteiger partial charge in [-0.15, -0.1) is 0 Å². The topological polar surface area (TPSA) is 62.5 Å². The third kappa shape index (κ3) is 2.82. The number of nitrogens with zero attached hydrogens (tertiary/aromatic N) is 3. The molecule has 0 bridgehead atoms. The Morgan fingerprint density at radius 2 is 2.00 bits per heavy atom. The van der Waals surface area contributed by atoms with Crippen LogP contribution in [0.15, 0.2) is 12.3 Å². The van der Waals surface area contributed by atoms with E-state index in [9.17, 15) is 4.79 Å². The molecule has 5 nitrogen and oxygen atoms in total. The summed E-state index contributed by atoms with van der Waals surface area (Å²) in [5, 5.41) is 0.320. The lowest BCUT2D eigenvalue weighted by Crippen LogP contribution is -2.56. The molecule has 2 N–H and O–H groups in total. The molecule has 6 heteroatoms. The number of halogens is 1. The maximum atomic E-state index is 12.4. The zero-order valence-corrected chi connectivity index (χ0v) is 12.2. The van der Waals surface area contributed by atoms with Crippen molar-refractivity contribution in [3.8, 4) is 0 Å². The first-order valence-electron chi connectivity index (χ1n) is 6.32. The molecular weight excluding hydrogens is 264 g/mol. The van der Waals surface area contributed by atoms with Crippen LogP contribution in [-0.2, 0) is 0 Å². The summed E-state index contributed by atoms with van der Waals surface area (Å²) in [7, 11) is 2.08. The zero-order valence-electron chi connectivity index (χ0n) is 11.4. The minimum Gasteiger partial charge on any atom is -0.382 e. The first-order valence-corrected chi connectivity index (χ1v) is 6.70. The summed E-state index contributed by atoms with van der Waals surface area (Å²) in [5.74, 6) is 0.208. The number of anilines is 1. The van der Waals surface area contributed by atoms with Gasteiger partial charge in [-0.05, 0) is 27.0 Å². The van der Waals surface area contributed by atoms with E-state index >= 15 is 0 Å². The summed E-state index contributed by atoms with van der Waals surface area (Å²) >= 11 is 5.91. The van der Waals surface area contributed by atoms with E-state index in [4.69, 9.17) is 17.3 Å². The molecule has 0 saturated carbocycles. The lowest BCUT2D eigenvalue weighted by atomic mass is 10.1. The molecule has 0 aromatic carbocycles. The zero-order chi connectivity index (χ0) is 14.2. The summed E-state index contributed by atoms with van der Waals surface area (Å²) in [6, 6.07) is 2.26. The Labute approximate surface area is 118 Å². The van der Waals surface area contributed by atoms with Gasteiger partial charge in [-0.1, -0.05) is 11.6 Å². The van der Waals surface area contributed by atoms with Gasteiger partial charge in [0.05, 0.1) is 10.6 Å². The van der Waals surface area contributed by atoms with Crippen LogP contribution in [0.5, 0.6) is 0 Å². The molecule has 0 spiro atoms. The van der Waals surface area contributed by atoms with Crippen LogP contribution in [0.4, 0.5) is 5.82 Å². The molecule has 2 rings (SSSR count). The van der Waals surface area contributed by atoms with E-state index in [0.29, 0.717) is 35.8 Å². The van der Waals surface area contributed by atoms with Crippen LogP contribution >= 0.6 is 11.6 Å². The van der Waals surface area contributed by atoms with E-state index in [-0.39, 0.29) is 11.7 Å². The Hall–Kier alpha value is -1.33. The number of aromatic nitrogens is 1. The second-order valence-corrected chi connectivity index (χ2v) is 5.57. The number of carbonyl (C=O) groups excluding carboxylic acids is 1. The van der Waals surface area contributed by atoms with Crippen LogP contribution in [-0.4, -0.2) is 52.9 Å². The molecule has 1 aromatic rings. The van der Waals surface area contributed by atoms with Gasteiger partial charge in [0.15, 0.2) is 0 Å². The van der Waals surface area contributed by atoms with Crippen LogP contribution in [0.25, 0.3) is 0 Å². The Morgan fingerprint density at radius 3 is 2.53 bits per heavy atom. The van der Waals surface area contributed by atoms with E-state index in [1.807, 2.05) is 4.90 Å². The smallest absolute Gasteiger partial charge is 0.255 e. The number of nitrogens with two attached hydrogens (primary N) is 1. The lowest BCUT2D eigenvalue weighted by Gasteiger charge is -2.42. The van der Waals surface area contributed by atoms with E-state index in [0.717, 1.165) is 0 Å². The fourth-order valence-electron chi connectivity index (χ4n) is 2.32. The number of hydrogen-bond acceptors (Lipinski definition) is 4. The van der Waals surface area contributed by atoms with Crippen molar-refractivity contribution in [3.05, 3.63) is 22.8 Å². The number of carbonyl (C=O) groups is 1. The van der Waals surface area contributed by atoms with Gasteiger partial charge in [0.25, 0.3) is 5.91 Å². The highest BCUT2D eigenvalue weighted by atomic mass is 35.5. The summed E-state index contributed by atoms with van der Waals surface area (Å²) in [5.41, 5.74) is 6.04. The van der Waals surface area contributed by atoms with E-state index in [1.54, 1.807) is 6.07 Å². The molecule has 19 heavy (non-hydrogen) atoms. The van der Waals surface area contributed by atoms with Crippen LogP contribution in [0, 0.1) is 0 Å². The van der Waals surface area contributed by atoms with Crippen molar-refractivity contribution >= 4 is 23.3 Å². The molecule has 1 saturated heterocycles. The van der Waals surface area contributed by atoms with Crippen molar-refractivity contribution in [1.82, 2.24) is 14.8 Å². The number of pyridine rings is 1. The number of amides is 1. The maximum absolute atomic E-state index is 12.4. The molecule has 0 aliphatic carbocycles. The highest BCUT2D eigenvalue weighted by molar-refractivity contribution is 6.33. The summed E-state index contributed by atoms with van der Waals surface area (Å²) in [6.07, 6.45) is 1.48. The molecular formula is C13H19ClN4O. The largest absolute Gasteiger partial charge is 0.382 e. The van der Waals surface area contributed by atoms with Crippen LogP contribution in [0.2, 0.25) is 5.02 Å². The second-order valence-electron chi connectivity index (χ2n) is 5.16. The van der Waals surface area contributed by atoms with E-state index < -0.39 is 0 Å². The highest BCUT2D eigenvalue weighted by Gasteiger charge is 2.30. The van der Waals surface area contributed by atoms with Crippen molar-refractivity contribution in [1.29, 1.82) is 0 Å². The van der Waals surface area contributed by atoms with E-state index in [1.165, 1.54) is 6.20 Å². The average molecular weight is 283 g/mol. The molecule has 1 aromatic heterocycles. The van der Waals surface area contributed by atoms with Crippen molar-refractivity contribution in [2.75, 3.05) is 25.9 Å². The molecule has 2 heterocycles. The van der Waals surface area contributed by atoms with Gasteiger partial charge < -0.3 is 10.6 Å². The fraction of sp³-hybridized carbons (Fsp3) is 0.538. The second kappa shape index (κ2) is 5.35. The minimum atomic E-state index is -0.0406. The van der Waals surface area contributed by atoms with Crippen molar-refractivity contribution in [3.63, 3.8) is 0 Å². The fourth-order valence-corrected chi connectivity index (χ4v) is 2.48. The Bertz CT molecular complexity index is 482. The number of nitrogen functional groups attached to an aromatic ring is 1. The molecule has 1 aliphatic heterocycles. The van der Waals surface area contributed by atoms with Gasteiger partial charge in [-0.2, -0.15) is 0 Å². The summed E-state index contributed by atoms with van der Waals surface area (Å²) in [6.45, 7) is 5.65. The van der Waals surface area contributed by atoms with Gasteiger partial charge >= 0.3 is 0 Å². The van der Waals surface area contributed by atoms with Gasteiger partial charge in [0.1, 0.15) is 5.82 Å². The van der Waals surface area contributed by atoms with Crippen LogP contribution in [0.3, 0.4) is 0 Å². The molecule has 1 aliphatic rings. The summed E-state index contributed by atoms with van der Waals surface area (Å²) < 4.78 is 0. The number of rotatable bonds is 1. The maximum Gasteiger partial charge on any atom is 0.255 e. The Balaban J connectivity index is 2.17. The first-order chi connectivity index (χ1) is 8.90. The predicted molar refractivity (Wildman–Crippen MR) is 76.2 cm³/mol. The third-order valence-electron chi connectivity index (χ3n) is 3.76. The van der Waals surface area contributed by atoms with Gasteiger partial charge in [0.2, 0.25) is 0 Å². The van der Waals surface area contributed by atoms with Crippen LogP contribution in [0.1, 0.15) is 24.2 Å². The monoisotopic (exact) mass is 282 g/mol. The van der Waals surface area contributed by atoms with Gasteiger partial charge in [0, 0.05) is 31.4 Å². The summed E-state index contributed by atoms with van der Waals surface area (Å²) in [4.78, 5) is 20.5. The van der Waals surface area contributed by atoms with Gasteiger partial charge in [-0.3, -0.25) is 9.69 Å². The van der Waals surface area contributed by atoms with Crippen molar-refractivity contribution in [2.24, 2.45) is 0 Å². The van der Waals surface area contributed by atoms with E-state index in [2.05, 4.69) is 30.8 Å².